The molecule has 0 unspecified atom stereocenters. The maximum Gasteiger partial charge on any atom is 0.412 e. The number of aliphatic hydroxyl groups excluding tert-OH is 3. The second-order valence-corrected chi connectivity index (χ2v) is 14.9. The Bertz CT molecular complexity index is 1820. The minimum Gasteiger partial charge on any atom is -0.459 e. The van der Waals surface area contributed by atoms with E-state index < -0.39 is 34.9 Å². The van der Waals surface area contributed by atoms with Crippen LogP contribution in [0.4, 0.5) is 15.3 Å². The average Bonchev–Trinajstić information content (AvgIpc) is 3.24. The summed E-state index contributed by atoms with van der Waals surface area (Å²) in [6.45, 7) is 6.11. The summed E-state index contributed by atoms with van der Waals surface area (Å²) >= 11 is 0. The number of oxime groups is 1. The topological polar surface area (TPSA) is 221 Å². The van der Waals surface area contributed by atoms with Crippen LogP contribution < -0.4 is 14.8 Å². The number of hydrogen-bond acceptors (Lipinski definition) is 14. The highest BCUT2D eigenvalue weighted by atomic mass is 16.7. The van der Waals surface area contributed by atoms with Crippen molar-refractivity contribution in [1.82, 2.24) is 10.2 Å². The molecule has 5 rings (SSSR count). The summed E-state index contributed by atoms with van der Waals surface area (Å²) in [6, 6.07) is 10.3. The lowest BCUT2D eigenvalue weighted by molar-refractivity contribution is -0.384. The zero-order chi connectivity index (χ0) is 43.1. The molecule has 3 aliphatic rings. The molecule has 1 aliphatic heterocycles. The van der Waals surface area contributed by atoms with Crippen LogP contribution in [0.5, 0.6) is 11.5 Å². The fourth-order valence-electron chi connectivity index (χ4n) is 8.72. The predicted molar refractivity (Wildman–Crippen MR) is 220 cm³/mol. The van der Waals surface area contributed by atoms with Crippen molar-refractivity contribution in [2.45, 2.75) is 76.2 Å². The lowest BCUT2D eigenvalue weighted by atomic mass is 9.55. The van der Waals surface area contributed by atoms with E-state index in [1.54, 1.807) is 37.3 Å². The van der Waals surface area contributed by atoms with Crippen LogP contribution in [0.15, 0.2) is 71.9 Å². The molecule has 4 N–H and O–H groups in total. The molecule has 17 heteroatoms. The molecule has 17 nitrogen and oxygen atoms in total. The normalized spacial score (nSPS) is 23.3. The molecule has 1 saturated carbocycles. The van der Waals surface area contributed by atoms with E-state index in [2.05, 4.69) is 18.0 Å². The first-order valence-electron chi connectivity index (χ1n) is 20.6. The van der Waals surface area contributed by atoms with E-state index in [4.69, 9.17) is 33.7 Å². The summed E-state index contributed by atoms with van der Waals surface area (Å²) < 4.78 is 30.8. The number of hydrogen-bond donors (Lipinski definition) is 4. The predicted octanol–water partition coefficient (Wildman–Crippen LogP) is 5.61. The van der Waals surface area contributed by atoms with Gasteiger partial charge in [0.1, 0.15) is 24.1 Å². The number of nitro groups is 1. The van der Waals surface area contributed by atoms with Gasteiger partial charge >= 0.3 is 12.2 Å². The summed E-state index contributed by atoms with van der Waals surface area (Å²) in [5.41, 5.74) is 2.64. The van der Waals surface area contributed by atoms with Crippen LogP contribution in [0.25, 0.3) is 0 Å². The van der Waals surface area contributed by atoms with E-state index >= 15 is 0 Å². The Morgan fingerprint density at radius 1 is 1.07 bits per heavy atom. The molecule has 1 heterocycles. The van der Waals surface area contributed by atoms with Crippen molar-refractivity contribution in [1.29, 1.82) is 0 Å². The Balaban J connectivity index is 1.74. The van der Waals surface area contributed by atoms with Gasteiger partial charge in [-0.25, -0.2) is 9.59 Å². The van der Waals surface area contributed by atoms with Gasteiger partial charge in [0.15, 0.2) is 0 Å². The Labute approximate surface area is 350 Å². The number of carbonyl (C=O) groups excluding carboxylic acids is 2. The van der Waals surface area contributed by atoms with Crippen LogP contribution in [0.3, 0.4) is 0 Å². The molecule has 0 radical (unpaired) electrons. The number of methoxy groups -OCH3 is 1. The number of amides is 2. The minimum absolute atomic E-state index is 0.00900. The van der Waals surface area contributed by atoms with Gasteiger partial charge in [-0.1, -0.05) is 30.1 Å². The quantitative estimate of drug-likeness (QED) is 0.0463. The highest BCUT2D eigenvalue weighted by Crippen LogP contribution is 2.62. The van der Waals surface area contributed by atoms with Gasteiger partial charge in [0.05, 0.1) is 50.1 Å². The van der Waals surface area contributed by atoms with E-state index in [-0.39, 0.29) is 82.7 Å². The van der Waals surface area contributed by atoms with Gasteiger partial charge in [0.2, 0.25) is 5.79 Å². The number of ether oxygens (including phenoxy) is 5. The van der Waals surface area contributed by atoms with Crippen molar-refractivity contribution in [3.8, 4) is 11.5 Å². The smallest absolute Gasteiger partial charge is 0.412 e. The largest absolute Gasteiger partial charge is 0.459 e. The summed E-state index contributed by atoms with van der Waals surface area (Å²) in [6.07, 6.45) is 6.60. The molecular formula is C43H58N4O13. The van der Waals surface area contributed by atoms with Gasteiger partial charge in [-0.15, -0.1) is 6.58 Å². The van der Waals surface area contributed by atoms with Gasteiger partial charge in [0.25, 0.3) is 5.69 Å². The van der Waals surface area contributed by atoms with Crippen molar-refractivity contribution >= 4 is 23.6 Å². The SMILES string of the molecule is C=CCO[C@@]12Oc3ccc(OC(=O)NCC)cc3[C@H]3[C@H](CCCCO)[C@@H](CCCCO)C=C(C(=NOCc4ccc([N+](=O)[O-])cc4)C[C@@H]1N(CCOCCO)C(=O)OC)[C@H]32. The van der Waals surface area contributed by atoms with Crippen LogP contribution in [-0.2, 0) is 25.7 Å². The van der Waals surface area contributed by atoms with Crippen LogP contribution in [-0.4, -0.2) is 115 Å². The fourth-order valence-corrected chi connectivity index (χ4v) is 8.72. The summed E-state index contributed by atoms with van der Waals surface area (Å²) in [5.74, 6) is -1.98. The molecule has 1 fully saturated rings. The van der Waals surface area contributed by atoms with E-state index in [1.165, 1.54) is 24.1 Å². The molecule has 2 amide bonds. The molecule has 0 bridgehead atoms. The van der Waals surface area contributed by atoms with Crippen molar-refractivity contribution in [3.05, 3.63) is 88.0 Å². The second kappa shape index (κ2) is 22.5. The van der Waals surface area contributed by atoms with E-state index in [0.29, 0.717) is 55.0 Å². The van der Waals surface area contributed by atoms with Crippen LogP contribution in [0.2, 0.25) is 0 Å². The third kappa shape index (κ3) is 10.8. The van der Waals surface area contributed by atoms with Crippen molar-refractivity contribution in [2.75, 3.05) is 59.8 Å². The Morgan fingerprint density at radius 3 is 2.48 bits per heavy atom. The number of nitro benzene ring substituents is 1. The molecule has 60 heavy (non-hydrogen) atoms. The number of fused-ring (bicyclic) bond motifs is 2. The number of nitrogens with one attached hydrogen (secondary N) is 1. The minimum atomic E-state index is -1.58. The number of non-ortho nitro benzene ring substituents is 1. The second-order valence-electron chi connectivity index (χ2n) is 14.9. The van der Waals surface area contributed by atoms with Crippen molar-refractivity contribution < 1.29 is 58.4 Å². The lowest BCUT2D eigenvalue weighted by Gasteiger charge is -2.59. The summed E-state index contributed by atoms with van der Waals surface area (Å²) in [5, 5.41) is 47.8. The van der Waals surface area contributed by atoms with E-state index in [0.717, 1.165) is 24.0 Å². The van der Waals surface area contributed by atoms with Gasteiger partial charge < -0.3 is 49.2 Å². The molecule has 0 saturated heterocycles. The molecule has 0 aromatic heterocycles. The molecule has 2 aliphatic carbocycles. The van der Waals surface area contributed by atoms with Crippen LogP contribution in [0, 0.1) is 27.9 Å². The molecule has 0 spiro atoms. The summed E-state index contributed by atoms with van der Waals surface area (Å²) in [7, 11) is 1.28. The Hall–Kier alpha value is -5.07. The molecule has 2 aromatic rings. The maximum absolute atomic E-state index is 13.9. The third-order valence-corrected chi connectivity index (χ3v) is 11.2. The van der Waals surface area contributed by atoms with Gasteiger partial charge in [0, 0.05) is 56.3 Å². The van der Waals surface area contributed by atoms with Crippen LogP contribution >= 0.6 is 0 Å². The van der Waals surface area contributed by atoms with Crippen LogP contribution in [0.1, 0.15) is 68.9 Å². The molecular weight excluding hydrogens is 780 g/mol. The zero-order valence-electron chi connectivity index (χ0n) is 34.4. The third-order valence-electron chi connectivity index (χ3n) is 11.2. The summed E-state index contributed by atoms with van der Waals surface area (Å²) in [4.78, 5) is 44.9. The number of benzene rings is 2. The number of allylic oxidation sites excluding steroid dienone is 1. The van der Waals surface area contributed by atoms with Crippen molar-refractivity contribution in [2.24, 2.45) is 22.9 Å². The average molecular weight is 839 g/mol. The van der Waals surface area contributed by atoms with Gasteiger partial charge in [-0.3, -0.25) is 15.0 Å². The Morgan fingerprint density at radius 2 is 1.82 bits per heavy atom. The van der Waals surface area contributed by atoms with E-state index in [1.807, 2.05) is 6.07 Å². The molecule has 6 atom stereocenters. The number of aliphatic hydroxyl groups is 3. The first-order valence-corrected chi connectivity index (χ1v) is 20.6. The number of nitrogens with zero attached hydrogens (tertiary/aromatic N) is 3. The monoisotopic (exact) mass is 838 g/mol. The highest BCUT2D eigenvalue weighted by molar-refractivity contribution is 6.03. The first kappa shape index (κ1) is 46.0. The number of carbonyl (C=O) groups is 2. The number of rotatable bonds is 23. The van der Waals surface area contributed by atoms with Crippen molar-refractivity contribution in [3.63, 3.8) is 0 Å². The number of unbranched alkanes of at least 4 members (excludes halogenated alkanes) is 2. The highest BCUT2D eigenvalue weighted by Gasteiger charge is 2.65. The maximum atomic E-state index is 13.9. The van der Waals surface area contributed by atoms with E-state index in [9.17, 15) is 35.0 Å². The lowest BCUT2D eigenvalue weighted by Crippen LogP contribution is -2.70. The molecule has 2 aromatic carbocycles. The zero-order valence-corrected chi connectivity index (χ0v) is 34.4. The van der Waals surface area contributed by atoms with Gasteiger partial charge in [-0.05, 0) is 85.9 Å². The first-order chi connectivity index (χ1) is 29.2. The van der Waals surface area contributed by atoms with Gasteiger partial charge in [-0.2, -0.15) is 0 Å². The fraction of sp³-hybridized carbons (Fsp3) is 0.558. The Kier molecular flexibility index (Phi) is 17.3. The standard InChI is InChI=1S/C43H58N4O13/c1-4-22-57-43-38(46(42(52)55-3)18-23-56-24-21-50)27-36(45-58-28-29-12-14-31(15-13-29)47(53)54)34-25-30(10-6-8-19-48)33(11-7-9-20-49)39(40(34)43)35-26-32(16-17-37(35)60-43)59-41(51)44-5-2/h4,12-17,25-26,30,33,38-40,48-50H,1,5-11,18-24,27-28H2,2-3H3,(H,44,51)/t30-,33+,38-,39+,40+,43+/m0/s1. The molecule has 328 valence electrons.